The number of ether oxygens (including phenoxy) is 2. The van der Waals surface area contributed by atoms with Gasteiger partial charge in [-0.15, -0.1) is 0 Å². The summed E-state index contributed by atoms with van der Waals surface area (Å²) < 4.78 is 15.5. The molecule has 0 fully saturated rings. The van der Waals surface area contributed by atoms with Gasteiger partial charge in [0.1, 0.15) is 0 Å². The second-order valence-electron chi connectivity index (χ2n) is 5.71. The Morgan fingerprint density at radius 1 is 0.920 bits per heavy atom. The van der Waals surface area contributed by atoms with Gasteiger partial charge in [-0.25, -0.2) is 0 Å². The van der Waals surface area contributed by atoms with Gasteiger partial charge in [-0.05, 0) is 19.1 Å². The van der Waals surface area contributed by atoms with Crippen molar-refractivity contribution >= 4 is 60.1 Å². The first-order valence-electron chi connectivity index (χ1n) is 8.92. The van der Waals surface area contributed by atoms with Crippen LogP contribution in [0.1, 0.15) is 25.7 Å². The third kappa shape index (κ3) is 16.4. The minimum absolute atomic E-state index is 0.129. The molecule has 0 aliphatic carbocycles. The zero-order valence-corrected chi connectivity index (χ0v) is 22.4. The van der Waals surface area contributed by atoms with Crippen molar-refractivity contribution in [3.8, 4) is 0 Å². The van der Waals surface area contributed by atoms with Crippen LogP contribution < -0.4 is 0 Å². The van der Waals surface area contributed by atoms with Crippen LogP contribution in [0.4, 0.5) is 0 Å². The van der Waals surface area contributed by atoms with Gasteiger partial charge in [0.25, 0.3) is 0 Å². The normalized spacial score (nSPS) is 14.1. The van der Waals surface area contributed by atoms with Crippen molar-refractivity contribution in [2.75, 3.05) is 45.8 Å². The van der Waals surface area contributed by atoms with Gasteiger partial charge in [-0.3, -0.25) is 0 Å². The fraction of sp³-hybridized carbons (Fsp3) is 1.00. The van der Waals surface area contributed by atoms with Crippen LogP contribution in [0.2, 0.25) is 11.0 Å². The summed E-state index contributed by atoms with van der Waals surface area (Å²) >= 11 is 5.59. The van der Waals surface area contributed by atoms with Crippen molar-refractivity contribution in [2.45, 2.75) is 48.8 Å². The number of aliphatic hydroxyl groups is 2. The first-order valence-corrected chi connectivity index (χ1v) is 17.5. The Morgan fingerprint density at radius 3 is 1.84 bits per heavy atom. The number of thiol groups is 1. The van der Waals surface area contributed by atoms with Crippen molar-refractivity contribution in [3.05, 3.63) is 0 Å². The summed E-state index contributed by atoms with van der Waals surface area (Å²) in [6.07, 6.45) is 4.30. The SMILES string of the molecule is CSN(S)CCCCOCC(O)C(O)COCCCC[N]([Ga][CH3])[Ga][CH3]. The van der Waals surface area contributed by atoms with E-state index in [4.69, 9.17) is 9.47 Å². The zero-order valence-electron chi connectivity index (χ0n) is 15.8. The molecule has 0 aromatic rings. The molecule has 0 spiro atoms. The number of aliphatic hydroxyl groups excluding tert-OH is 2. The third-order valence-electron chi connectivity index (χ3n) is 3.74. The fourth-order valence-electron chi connectivity index (χ4n) is 2.08. The Bertz CT molecular complexity index is 296. The number of hydrogen-bond donors (Lipinski definition) is 3. The number of rotatable bonds is 18. The predicted octanol–water partition coefficient (Wildman–Crippen LogP) is 1.36. The summed E-state index contributed by atoms with van der Waals surface area (Å²) in [6.45, 7) is 3.66. The van der Waals surface area contributed by atoms with Crippen molar-refractivity contribution in [3.63, 3.8) is 0 Å². The molecule has 2 atom stereocenters. The van der Waals surface area contributed by atoms with Gasteiger partial charge >= 0.3 is 126 Å². The van der Waals surface area contributed by atoms with Crippen LogP contribution in [0.15, 0.2) is 0 Å². The molecule has 25 heavy (non-hydrogen) atoms. The summed E-state index contributed by atoms with van der Waals surface area (Å²) in [4.78, 5) is 0. The molecule has 2 radical (unpaired) electrons. The zero-order chi connectivity index (χ0) is 18.9. The topological polar surface area (TPSA) is 65.4 Å². The van der Waals surface area contributed by atoms with E-state index in [9.17, 15) is 10.2 Å². The molecule has 0 aliphatic heterocycles. The summed E-state index contributed by atoms with van der Waals surface area (Å²) in [6, 6.07) is 0. The Kier molecular flexibility index (Phi) is 20.4. The first-order chi connectivity index (χ1) is 12.0. The average Bonchev–Trinajstić information content (AvgIpc) is 2.63. The quantitative estimate of drug-likeness (QED) is 0.112. The second kappa shape index (κ2) is 19.1. The van der Waals surface area contributed by atoms with Crippen LogP contribution in [0.25, 0.3) is 0 Å². The molecule has 2 unspecified atom stereocenters. The molecule has 2 N–H and O–H groups in total. The van der Waals surface area contributed by atoms with E-state index < -0.39 is 12.2 Å². The number of hydrogen-bond acceptors (Lipinski definition) is 8. The summed E-state index contributed by atoms with van der Waals surface area (Å²) in [5, 5.41) is 19.7. The molecule has 0 bridgehead atoms. The van der Waals surface area contributed by atoms with Crippen LogP contribution in [0.5, 0.6) is 0 Å². The van der Waals surface area contributed by atoms with Crippen molar-refractivity contribution in [2.24, 2.45) is 0 Å². The van der Waals surface area contributed by atoms with E-state index in [1.54, 1.807) is 11.9 Å². The first kappa shape index (κ1) is 26.7. The van der Waals surface area contributed by atoms with Crippen LogP contribution in [-0.4, -0.2) is 110 Å². The monoisotopic (exact) mass is 508 g/mol. The molecule has 0 aromatic carbocycles. The Balaban J connectivity index is 3.48. The molecule has 0 rings (SSSR count). The summed E-state index contributed by atoms with van der Waals surface area (Å²) in [5.41, 5.74) is 4.72. The van der Waals surface area contributed by atoms with E-state index in [0.717, 1.165) is 25.8 Å². The molecule has 0 aliphatic rings. The molecule has 10 heteroatoms. The second-order valence-corrected chi connectivity index (χ2v) is 14.8. The van der Waals surface area contributed by atoms with Crippen molar-refractivity contribution < 1.29 is 19.7 Å². The van der Waals surface area contributed by atoms with Gasteiger partial charge in [0.2, 0.25) is 0 Å². The van der Waals surface area contributed by atoms with Gasteiger partial charge in [0.05, 0.1) is 0 Å². The number of unbranched alkanes of at least 4 members (excludes halogenated alkanes) is 2. The Labute approximate surface area is 179 Å². The van der Waals surface area contributed by atoms with Crippen molar-refractivity contribution in [1.82, 2.24) is 6.02 Å². The molecular weight excluding hydrogens is 476 g/mol. The standard InChI is InChI=1S/C13H28N2O4S2.2CH3.2Ga/c1-21-15(20)7-3-5-9-19-11-13(17)12(16)10-18-8-4-2-6-14;;;;/h12-13,16-17,20H,2-11H2,1H3;2*1H3;;. The van der Waals surface area contributed by atoms with Gasteiger partial charge in [-0.1, -0.05) is 24.8 Å². The van der Waals surface area contributed by atoms with Crippen LogP contribution in [-0.2, 0) is 9.47 Å². The predicted molar refractivity (Wildman–Crippen MR) is 111 cm³/mol. The molecule has 0 amide bonds. The Hall–Kier alpha value is 1.73. The van der Waals surface area contributed by atoms with Crippen LogP contribution >= 0.6 is 24.8 Å². The van der Waals surface area contributed by atoms with Crippen LogP contribution in [0.3, 0.4) is 0 Å². The van der Waals surface area contributed by atoms with E-state index in [0.29, 0.717) is 13.2 Å². The van der Waals surface area contributed by atoms with Crippen molar-refractivity contribution in [1.29, 1.82) is 0 Å². The molecular formula is C15H34Ga2N2O4S2. The van der Waals surface area contributed by atoms with E-state index >= 15 is 0 Å². The van der Waals surface area contributed by atoms with E-state index in [1.165, 1.54) is 13.0 Å². The molecule has 6 nitrogen and oxygen atoms in total. The molecule has 0 saturated heterocycles. The molecule has 146 valence electrons. The minimum atomic E-state index is -0.887. The fourth-order valence-corrected chi connectivity index (χ4v) is 8.26. The maximum atomic E-state index is 9.88. The van der Waals surface area contributed by atoms with E-state index in [-0.39, 0.29) is 48.5 Å². The summed E-state index contributed by atoms with van der Waals surface area (Å²) in [7, 11) is 0. The van der Waals surface area contributed by atoms with Gasteiger partial charge in [0, 0.05) is 6.54 Å². The number of nitrogens with zero attached hydrogens (tertiary/aromatic N) is 2. The van der Waals surface area contributed by atoms with E-state index in [1.807, 2.05) is 9.97 Å². The van der Waals surface area contributed by atoms with Gasteiger partial charge in [0.15, 0.2) is 0 Å². The van der Waals surface area contributed by atoms with Crippen LogP contribution in [0, 0.1) is 0 Å². The molecule has 0 aromatic heterocycles. The average molecular weight is 510 g/mol. The molecule has 0 heterocycles. The van der Waals surface area contributed by atoms with Gasteiger partial charge in [-0.2, -0.15) is 3.71 Å². The Morgan fingerprint density at radius 2 is 1.40 bits per heavy atom. The maximum absolute atomic E-state index is 9.88. The summed E-state index contributed by atoms with van der Waals surface area (Å²) in [5.74, 6) is 0. The van der Waals surface area contributed by atoms with Gasteiger partial charge < -0.3 is 0 Å². The third-order valence-corrected chi connectivity index (χ3v) is 15.4. The molecule has 0 saturated carbocycles. The van der Waals surface area contributed by atoms with E-state index in [2.05, 4.69) is 26.1 Å².